The molecule has 0 bridgehead atoms. The van der Waals surface area contributed by atoms with Crippen LogP contribution in [0.1, 0.15) is 12.5 Å². The molecule has 0 amide bonds. The van der Waals surface area contributed by atoms with Crippen LogP contribution in [0, 0.1) is 6.92 Å². The minimum absolute atomic E-state index is 0.916. The highest BCUT2D eigenvalue weighted by Crippen LogP contribution is 2.23. The zero-order valence-corrected chi connectivity index (χ0v) is 9.30. The lowest BCUT2D eigenvalue weighted by atomic mass is 10.1. The molecule has 1 aromatic carbocycles. The van der Waals surface area contributed by atoms with E-state index in [1.54, 1.807) is 0 Å². The SMILES string of the molecule is CCn1ncc2c(C)cc(Br)cc21. The first-order valence-electron chi connectivity index (χ1n) is 4.34. The summed E-state index contributed by atoms with van der Waals surface area (Å²) in [5, 5.41) is 5.55. The van der Waals surface area contributed by atoms with Crippen LogP contribution in [0.3, 0.4) is 0 Å². The molecule has 0 spiro atoms. The van der Waals surface area contributed by atoms with E-state index in [1.807, 2.05) is 10.9 Å². The molecule has 2 aromatic rings. The van der Waals surface area contributed by atoms with Crippen LogP contribution in [-0.2, 0) is 6.54 Å². The molecule has 1 heterocycles. The van der Waals surface area contributed by atoms with Gasteiger partial charge in [0, 0.05) is 16.4 Å². The van der Waals surface area contributed by atoms with E-state index in [4.69, 9.17) is 0 Å². The topological polar surface area (TPSA) is 17.8 Å². The van der Waals surface area contributed by atoms with Crippen molar-refractivity contribution in [1.29, 1.82) is 0 Å². The number of aromatic nitrogens is 2. The third kappa shape index (κ3) is 1.37. The largest absolute Gasteiger partial charge is 0.265 e. The molecule has 68 valence electrons. The standard InChI is InChI=1S/C10H11BrN2/c1-3-13-10-5-8(11)4-7(2)9(10)6-12-13/h4-6H,3H2,1-2H3. The number of fused-ring (bicyclic) bond motifs is 1. The molecule has 2 nitrogen and oxygen atoms in total. The Balaban J connectivity index is 2.82. The highest BCUT2D eigenvalue weighted by molar-refractivity contribution is 9.10. The Kier molecular flexibility index (Phi) is 2.12. The zero-order valence-electron chi connectivity index (χ0n) is 7.71. The van der Waals surface area contributed by atoms with Crippen molar-refractivity contribution in [1.82, 2.24) is 9.78 Å². The van der Waals surface area contributed by atoms with Gasteiger partial charge in [-0.25, -0.2) is 0 Å². The molecule has 1 aromatic heterocycles. The summed E-state index contributed by atoms with van der Waals surface area (Å²) < 4.78 is 3.13. The summed E-state index contributed by atoms with van der Waals surface area (Å²) in [4.78, 5) is 0. The number of aryl methyl sites for hydroxylation is 2. The fourth-order valence-electron chi connectivity index (χ4n) is 1.56. The Morgan fingerprint density at radius 1 is 1.46 bits per heavy atom. The van der Waals surface area contributed by atoms with Gasteiger partial charge >= 0.3 is 0 Å². The van der Waals surface area contributed by atoms with Crippen molar-refractivity contribution >= 4 is 26.8 Å². The first-order chi connectivity index (χ1) is 6.22. The maximum Gasteiger partial charge on any atom is 0.0696 e. The zero-order chi connectivity index (χ0) is 9.42. The summed E-state index contributed by atoms with van der Waals surface area (Å²) in [6, 6.07) is 4.23. The number of benzene rings is 1. The van der Waals surface area contributed by atoms with Crippen LogP contribution >= 0.6 is 15.9 Å². The number of hydrogen-bond acceptors (Lipinski definition) is 1. The van der Waals surface area contributed by atoms with E-state index in [9.17, 15) is 0 Å². The average Bonchev–Trinajstić information content (AvgIpc) is 2.47. The number of rotatable bonds is 1. The van der Waals surface area contributed by atoms with E-state index in [1.165, 1.54) is 16.5 Å². The van der Waals surface area contributed by atoms with Gasteiger partial charge in [-0.2, -0.15) is 5.10 Å². The first kappa shape index (κ1) is 8.75. The van der Waals surface area contributed by atoms with Gasteiger partial charge < -0.3 is 0 Å². The fourth-order valence-corrected chi connectivity index (χ4v) is 2.12. The van der Waals surface area contributed by atoms with Crippen molar-refractivity contribution in [3.05, 3.63) is 28.4 Å². The molecule has 0 aliphatic heterocycles. The second-order valence-electron chi connectivity index (χ2n) is 3.12. The molecule has 0 aliphatic carbocycles. The minimum atomic E-state index is 0.916. The second kappa shape index (κ2) is 3.14. The van der Waals surface area contributed by atoms with E-state index in [2.05, 4.69) is 47.0 Å². The van der Waals surface area contributed by atoms with Gasteiger partial charge in [0.15, 0.2) is 0 Å². The quantitative estimate of drug-likeness (QED) is 0.747. The summed E-state index contributed by atoms with van der Waals surface area (Å²) >= 11 is 3.49. The molecule has 0 N–H and O–H groups in total. The third-order valence-electron chi connectivity index (χ3n) is 2.23. The van der Waals surface area contributed by atoms with E-state index in [0.717, 1.165) is 11.0 Å². The van der Waals surface area contributed by atoms with E-state index in [-0.39, 0.29) is 0 Å². The highest BCUT2D eigenvalue weighted by Gasteiger charge is 2.04. The fraction of sp³-hybridized carbons (Fsp3) is 0.300. The smallest absolute Gasteiger partial charge is 0.0696 e. The monoisotopic (exact) mass is 238 g/mol. The third-order valence-corrected chi connectivity index (χ3v) is 2.69. The van der Waals surface area contributed by atoms with Crippen LogP contribution in [0.25, 0.3) is 10.9 Å². The molecule has 0 saturated carbocycles. The first-order valence-corrected chi connectivity index (χ1v) is 5.13. The van der Waals surface area contributed by atoms with Crippen molar-refractivity contribution in [3.63, 3.8) is 0 Å². The van der Waals surface area contributed by atoms with Gasteiger partial charge in [-0.15, -0.1) is 0 Å². The molecule has 0 aliphatic rings. The highest BCUT2D eigenvalue weighted by atomic mass is 79.9. The second-order valence-corrected chi connectivity index (χ2v) is 4.03. The van der Waals surface area contributed by atoms with E-state index < -0.39 is 0 Å². The van der Waals surface area contributed by atoms with Crippen LogP contribution in [0.4, 0.5) is 0 Å². The lowest BCUT2D eigenvalue weighted by Gasteiger charge is -2.00. The van der Waals surface area contributed by atoms with Gasteiger partial charge in [0.05, 0.1) is 11.7 Å². The van der Waals surface area contributed by atoms with Gasteiger partial charge in [0.2, 0.25) is 0 Å². The Morgan fingerprint density at radius 3 is 2.92 bits per heavy atom. The van der Waals surface area contributed by atoms with Crippen molar-refractivity contribution in [3.8, 4) is 0 Å². The molecule has 2 rings (SSSR count). The molecular weight excluding hydrogens is 228 g/mol. The van der Waals surface area contributed by atoms with E-state index >= 15 is 0 Å². The molecule has 0 radical (unpaired) electrons. The van der Waals surface area contributed by atoms with Crippen molar-refractivity contribution in [2.45, 2.75) is 20.4 Å². The van der Waals surface area contributed by atoms with Gasteiger partial charge in [-0.05, 0) is 31.5 Å². The summed E-state index contributed by atoms with van der Waals surface area (Å²) in [6.07, 6.45) is 1.93. The van der Waals surface area contributed by atoms with Crippen molar-refractivity contribution in [2.24, 2.45) is 0 Å². The van der Waals surface area contributed by atoms with Crippen molar-refractivity contribution in [2.75, 3.05) is 0 Å². The van der Waals surface area contributed by atoms with Gasteiger partial charge in [-0.3, -0.25) is 4.68 Å². The molecule has 0 fully saturated rings. The normalized spacial score (nSPS) is 11.0. The minimum Gasteiger partial charge on any atom is -0.265 e. The Labute approximate surface area is 85.7 Å². The lowest BCUT2D eigenvalue weighted by molar-refractivity contribution is 0.684. The van der Waals surface area contributed by atoms with E-state index in [0.29, 0.717) is 0 Å². The van der Waals surface area contributed by atoms with Crippen LogP contribution in [0.5, 0.6) is 0 Å². The molecule has 0 unspecified atom stereocenters. The van der Waals surface area contributed by atoms with Gasteiger partial charge in [-0.1, -0.05) is 15.9 Å². The van der Waals surface area contributed by atoms with Crippen LogP contribution in [0.15, 0.2) is 22.8 Å². The Bertz CT molecular complexity index is 445. The molecule has 0 atom stereocenters. The summed E-state index contributed by atoms with van der Waals surface area (Å²) in [5.74, 6) is 0. The van der Waals surface area contributed by atoms with Gasteiger partial charge in [0.25, 0.3) is 0 Å². The predicted molar refractivity (Wildman–Crippen MR) is 57.8 cm³/mol. The molecule has 0 saturated heterocycles. The Morgan fingerprint density at radius 2 is 2.23 bits per heavy atom. The van der Waals surface area contributed by atoms with Crippen LogP contribution in [-0.4, -0.2) is 9.78 Å². The maximum atomic E-state index is 4.31. The Hall–Kier alpha value is -0.830. The number of halogens is 1. The molecule has 3 heteroatoms. The summed E-state index contributed by atoms with van der Waals surface area (Å²) in [6.45, 7) is 5.12. The maximum absolute atomic E-state index is 4.31. The lowest BCUT2D eigenvalue weighted by Crippen LogP contribution is -1.95. The average molecular weight is 239 g/mol. The van der Waals surface area contributed by atoms with Crippen LogP contribution < -0.4 is 0 Å². The van der Waals surface area contributed by atoms with Crippen molar-refractivity contribution < 1.29 is 0 Å². The summed E-state index contributed by atoms with van der Waals surface area (Å²) in [5.41, 5.74) is 2.47. The number of hydrogen-bond donors (Lipinski definition) is 0. The van der Waals surface area contributed by atoms with Crippen LogP contribution in [0.2, 0.25) is 0 Å². The predicted octanol–water partition coefficient (Wildman–Crippen LogP) is 3.13. The number of nitrogens with zero attached hydrogens (tertiary/aromatic N) is 2. The van der Waals surface area contributed by atoms with Gasteiger partial charge in [0.1, 0.15) is 0 Å². The summed E-state index contributed by atoms with van der Waals surface area (Å²) in [7, 11) is 0. The molecular formula is C10H11BrN2. The molecule has 13 heavy (non-hydrogen) atoms.